The molecule has 0 fully saturated rings. The van der Waals surface area contributed by atoms with Crippen LogP contribution in [0.1, 0.15) is 29.8 Å². The lowest BCUT2D eigenvalue weighted by atomic mass is 10.1. The maximum atomic E-state index is 13.9. The zero-order valence-corrected chi connectivity index (χ0v) is 12.6. The molecule has 0 aliphatic rings. The van der Waals surface area contributed by atoms with Crippen molar-refractivity contribution < 1.29 is 9.18 Å². The summed E-state index contributed by atoms with van der Waals surface area (Å²) in [6, 6.07) is 4.32. The van der Waals surface area contributed by atoms with Gasteiger partial charge in [0.05, 0.1) is 12.1 Å². The van der Waals surface area contributed by atoms with Crippen molar-refractivity contribution in [2.75, 3.05) is 32.7 Å². The topological polar surface area (TPSA) is 58.4 Å². The SMILES string of the molecule is CCN(CC)CCNC(=O)c1ccc(C#CCN)cc1F. The lowest BCUT2D eigenvalue weighted by Gasteiger charge is -2.18. The molecule has 0 aliphatic carbocycles. The zero-order valence-electron chi connectivity index (χ0n) is 12.6. The fraction of sp³-hybridized carbons (Fsp3) is 0.438. The van der Waals surface area contributed by atoms with Crippen molar-refractivity contribution >= 4 is 5.91 Å². The van der Waals surface area contributed by atoms with Gasteiger partial charge in [0, 0.05) is 18.7 Å². The van der Waals surface area contributed by atoms with Crippen LogP contribution in [0, 0.1) is 17.7 Å². The van der Waals surface area contributed by atoms with E-state index in [0.29, 0.717) is 12.1 Å². The highest BCUT2D eigenvalue weighted by Gasteiger charge is 2.11. The van der Waals surface area contributed by atoms with E-state index in [1.807, 2.05) is 0 Å². The number of carbonyl (C=O) groups excluding carboxylic acids is 1. The van der Waals surface area contributed by atoms with E-state index in [0.717, 1.165) is 19.6 Å². The number of hydrogen-bond acceptors (Lipinski definition) is 3. The van der Waals surface area contributed by atoms with Crippen molar-refractivity contribution in [3.05, 3.63) is 35.1 Å². The van der Waals surface area contributed by atoms with Gasteiger partial charge < -0.3 is 16.0 Å². The third-order valence-electron chi connectivity index (χ3n) is 3.16. The second-order valence-electron chi connectivity index (χ2n) is 4.48. The molecule has 0 radical (unpaired) electrons. The summed E-state index contributed by atoms with van der Waals surface area (Å²) in [5, 5.41) is 2.72. The number of benzene rings is 1. The first kappa shape index (κ1) is 17.2. The second-order valence-corrected chi connectivity index (χ2v) is 4.48. The van der Waals surface area contributed by atoms with Crippen LogP contribution < -0.4 is 11.1 Å². The zero-order chi connectivity index (χ0) is 15.7. The highest BCUT2D eigenvalue weighted by molar-refractivity contribution is 5.94. The number of nitrogens with two attached hydrogens (primary N) is 1. The first-order valence-corrected chi connectivity index (χ1v) is 7.11. The van der Waals surface area contributed by atoms with Crippen LogP contribution in [0.3, 0.4) is 0 Å². The van der Waals surface area contributed by atoms with E-state index >= 15 is 0 Å². The van der Waals surface area contributed by atoms with Crippen LogP contribution in [-0.2, 0) is 0 Å². The Labute approximate surface area is 125 Å². The maximum absolute atomic E-state index is 13.9. The molecule has 1 aromatic carbocycles. The molecule has 114 valence electrons. The van der Waals surface area contributed by atoms with Crippen LogP contribution in [0.2, 0.25) is 0 Å². The summed E-state index contributed by atoms with van der Waals surface area (Å²) in [6.45, 7) is 7.44. The number of rotatable bonds is 6. The Kier molecular flexibility index (Phi) is 7.44. The van der Waals surface area contributed by atoms with Gasteiger partial charge in [-0.15, -0.1) is 0 Å². The summed E-state index contributed by atoms with van der Waals surface area (Å²) >= 11 is 0. The number of hydrogen-bond donors (Lipinski definition) is 2. The fourth-order valence-corrected chi connectivity index (χ4v) is 1.89. The van der Waals surface area contributed by atoms with Gasteiger partial charge in [-0.3, -0.25) is 4.79 Å². The highest BCUT2D eigenvalue weighted by atomic mass is 19.1. The van der Waals surface area contributed by atoms with Crippen molar-refractivity contribution in [1.29, 1.82) is 0 Å². The molecule has 0 atom stereocenters. The molecule has 0 saturated carbocycles. The molecule has 1 rings (SSSR count). The molecule has 3 N–H and O–H groups in total. The van der Waals surface area contributed by atoms with Gasteiger partial charge >= 0.3 is 0 Å². The smallest absolute Gasteiger partial charge is 0.254 e. The Morgan fingerprint density at radius 2 is 2.10 bits per heavy atom. The van der Waals surface area contributed by atoms with Crippen LogP contribution in [0.5, 0.6) is 0 Å². The Balaban J connectivity index is 2.62. The molecule has 0 aliphatic heterocycles. The molecule has 1 aromatic rings. The van der Waals surface area contributed by atoms with E-state index in [9.17, 15) is 9.18 Å². The van der Waals surface area contributed by atoms with E-state index in [1.165, 1.54) is 12.1 Å². The lowest BCUT2D eigenvalue weighted by molar-refractivity contribution is 0.0945. The summed E-state index contributed by atoms with van der Waals surface area (Å²) in [5.41, 5.74) is 5.81. The predicted molar refractivity (Wildman–Crippen MR) is 82.5 cm³/mol. The molecular weight excluding hydrogens is 269 g/mol. The molecular formula is C16H22FN3O. The Morgan fingerprint density at radius 3 is 2.67 bits per heavy atom. The summed E-state index contributed by atoms with van der Waals surface area (Å²) in [4.78, 5) is 14.1. The summed E-state index contributed by atoms with van der Waals surface area (Å²) in [7, 11) is 0. The number of amides is 1. The molecule has 5 heteroatoms. The lowest BCUT2D eigenvalue weighted by Crippen LogP contribution is -2.35. The monoisotopic (exact) mass is 291 g/mol. The van der Waals surface area contributed by atoms with Crippen LogP contribution in [0.15, 0.2) is 18.2 Å². The van der Waals surface area contributed by atoms with Crippen LogP contribution in [0.4, 0.5) is 4.39 Å². The van der Waals surface area contributed by atoms with Gasteiger partial charge in [-0.1, -0.05) is 25.7 Å². The Morgan fingerprint density at radius 1 is 1.38 bits per heavy atom. The molecule has 0 bridgehead atoms. The Bertz CT molecular complexity index is 530. The molecule has 1 amide bonds. The largest absolute Gasteiger partial charge is 0.351 e. The Hall–Kier alpha value is -1.90. The van der Waals surface area contributed by atoms with Crippen molar-refractivity contribution in [2.24, 2.45) is 5.73 Å². The van der Waals surface area contributed by atoms with E-state index in [-0.39, 0.29) is 12.1 Å². The molecule has 0 aromatic heterocycles. The van der Waals surface area contributed by atoms with Crippen molar-refractivity contribution in [1.82, 2.24) is 10.2 Å². The average Bonchev–Trinajstić information content (AvgIpc) is 2.49. The normalized spacial score (nSPS) is 10.1. The van der Waals surface area contributed by atoms with Gasteiger partial charge in [-0.05, 0) is 31.3 Å². The van der Waals surface area contributed by atoms with Gasteiger partial charge in [0.1, 0.15) is 5.82 Å². The number of nitrogens with one attached hydrogen (secondary N) is 1. The van der Waals surface area contributed by atoms with Crippen LogP contribution in [0.25, 0.3) is 0 Å². The molecule has 0 saturated heterocycles. The predicted octanol–water partition coefficient (Wildman–Crippen LogP) is 1.21. The fourth-order valence-electron chi connectivity index (χ4n) is 1.89. The van der Waals surface area contributed by atoms with Gasteiger partial charge in [-0.2, -0.15) is 0 Å². The molecule has 0 unspecified atom stereocenters. The van der Waals surface area contributed by atoms with Crippen LogP contribution >= 0.6 is 0 Å². The molecule has 0 heterocycles. The summed E-state index contributed by atoms with van der Waals surface area (Å²) in [6.07, 6.45) is 0. The minimum absolute atomic E-state index is 0.0350. The van der Waals surface area contributed by atoms with Gasteiger partial charge in [-0.25, -0.2) is 4.39 Å². The minimum Gasteiger partial charge on any atom is -0.351 e. The highest BCUT2D eigenvalue weighted by Crippen LogP contribution is 2.09. The first-order valence-electron chi connectivity index (χ1n) is 7.11. The third kappa shape index (κ3) is 5.54. The van der Waals surface area contributed by atoms with E-state index < -0.39 is 11.7 Å². The number of nitrogens with zero attached hydrogens (tertiary/aromatic N) is 1. The van der Waals surface area contributed by atoms with E-state index in [4.69, 9.17) is 5.73 Å². The van der Waals surface area contributed by atoms with Gasteiger partial charge in [0.25, 0.3) is 5.91 Å². The van der Waals surface area contributed by atoms with Gasteiger partial charge in [0.2, 0.25) is 0 Å². The maximum Gasteiger partial charge on any atom is 0.254 e. The average molecular weight is 291 g/mol. The van der Waals surface area contributed by atoms with E-state index in [1.54, 1.807) is 6.07 Å². The second kappa shape index (κ2) is 9.11. The van der Waals surface area contributed by atoms with Crippen molar-refractivity contribution in [2.45, 2.75) is 13.8 Å². The van der Waals surface area contributed by atoms with Gasteiger partial charge in [0.15, 0.2) is 0 Å². The summed E-state index contributed by atoms with van der Waals surface area (Å²) in [5.74, 6) is 4.40. The van der Waals surface area contributed by atoms with E-state index in [2.05, 4.69) is 35.9 Å². The number of halogens is 1. The first-order chi connectivity index (χ1) is 10.1. The van der Waals surface area contributed by atoms with Crippen LogP contribution in [-0.4, -0.2) is 43.5 Å². The molecule has 21 heavy (non-hydrogen) atoms. The van der Waals surface area contributed by atoms with Crippen molar-refractivity contribution in [3.8, 4) is 11.8 Å². The standard InChI is InChI=1S/C16H22FN3O/c1-3-20(4-2)11-10-19-16(21)14-8-7-13(6-5-9-18)12-15(14)17/h7-8,12H,3-4,9-11,18H2,1-2H3,(H,19,21). The van der Waals surface area contributed by atoms with Crippen molar-refractivity contribution in [3.63, 3.8) is 0 Å². The minimum atomic E-state index is -0.570. The number of carbonyl (C=O) groups is 1. The number of likely N-dealkylation sites (N-methyl/N-ethyl adjacent to an activating group) is 1. The molecule has 4 nitrogen and oxygen atoms in total. The quantitative estimate of drug-likeness (QED) is 0.775. The molecule has 0 spiro atoms. The third-order valence-corrected chi connectivity index (χ3v) is 3.16. The summed E-state index contributed by atoms with van der Waals surface area (Å²) < 4.78 is 13.9.